The van der Waals surface area contributed by atoms with Gasteiger partial charge in [0.25, 0.3) is 0 Å². The van der Waals surface area contributed by atoms with Gasteiger partial charge in [0.2, 0.25) is 0 Å². The molecule has 2 N–H and O–H groups in total. The Morgan fingerprint density at radius 3 is 2.65 bits per heavy atom. The Kier molecular flexibility index (Phi) is 3.83. The molecule has 1 aromatic rings. The minimum Gasteiger partial charge on any atom is -0.444 e. The Balaban J connectivity index is 2.01. The number of amides is 1. The summed E-state index contributed by atoms with van der Waals surface area (Å²) in [6.45, 7) is 5.77. The summed E-state index contributed by atoms with van der Waals surface area (Å²) in [5.41, 5.74) is 0.627. The van der Waals surface area contributed by atoms with Gasteiger partial charge in [0.15, 0.2) is 11.6 Å². The SMILES string of the molecule is CC(C)(C)OC(=O)NC1CNc2cc(F)c(F)cc2C1. The van der Waals surface area contributed by atoms with Crippen LogP contribution < -0.4 is 10.6 Å². The summed E-state index contributed by atoms with van der Waals surface area (Å²) in [4.78, 5) is 11.7. The first-order chi connectivity index (χ1) is 9.24. The van der Waals surface area contributed by atoms with Gasteiger partial charge in [-0.15, -0.1) is 0 Å². The molecule has 2 rings (SSSR count). The van der Waals surface area contributed by atoms with E-state index in [1.807, 2.05) is 0 Å². The second-order valence-electron chi connectivity index (χ2n) is 5.85. The number of hydrogen-bond donors (Lipinski definition) is 2. The number of alkyl carbamates (subject to hydrolysis) is 1. The highest BCUT2D eigenvalue weighted by atomic mass is 19.2. The van der Waals surface area contributed by atoms with Gasteiger partial charge < -0.3 is 15.4 Å². The van der Waals surface area contributed by atoms with E-state index in [1.165, 1.54) is 0 Å². The molecule has 0 aliphatic carbocycles. The number of halogens is 2. The Labute approximate surface area is 116 Å². The average molecular weight is 284 g/mol. The third kappa shape index (κ3) is 3.59. The average Bonchev–Trinajstić information content (AvgIpc) is 2.28. The van der Waals surface area contributed by atoms with E-state index < -0.39 is 23.3 Å². The van der Waals surface area contributed by atoms with Gasteiger partial charge in [0.05, 0.1) is 6.04 Å². The molecule has 110 valence electrons. The first-order valence-corrected chi connectivity index (χ1v) is 6.46. The van der Waals surface area contributed by atoms with E-state index in [-0.39, 0.29) is 6.04 Å². The lowest BCUT2D eigenvalue weighted by Gasteiger charge is -2.28. The molecule has 1 unspecified atom stereocenters. The highest BCUT2D eigenvalue weighted by Crippen LogP contribution is 2.24. The number of anilines is 1. The molecule has 0 bridgehead atoms. The highest BCUT2D eigenvalue weighted by Gasteiger charge is 2.24. The lowest BCUT2D eigenvalue weighted by molar-refractivity contribution is 0.0506. The maximum atomic E-state index is 13.2. The molecule has 0 spiro atoms. The second kappa shape index (κ2) is 5.26. The molecule has 1 atom stereocenters. The smallest absolute Gasteiger partial charge is 0.407 e. The zero-order valence-corrected chi connectivity index (χ0v) is 11.7. The summed E-state index contributed by atoms with van der Waals surface area (Å²) >= 11 is 0. The number of rotatable bonds is 1. The van der Waals surface area contributed by atoms with Gasteiger partial charge in [0.1, 0.15) is 5.60 Å². The fraction of sp³-hybridized carbons (Fsp3) is 0.500. The summed E-state index contributed by atoms with van der Waals surface area (Å²) < 4.78 is 31.5. The van der Waals surface area contributed by atoms with Crippen LogP contribution in [0.4, 0.5) is 19.3 Å². The molecule has 20 heavy (non-hydrogen) atoms. The largest absolute Gasteiger partial charge is 0.444 e. The number of ether oxygens (including phenoxy) is 1. The maximum absolute atomic E-state index is 13.2. The van der Waals surface area contributed by atoms with Crippen molar-refractivity contribution in [2.75, 3.05) is 11.9 Å². The van der Waals surface area contributed by atoms with E-state index >= 15 is 0 Å². The zero-order chi connectivity index (χ0) is 14.9. The molecule has 0 aromatic heterocycles. The second-order valence-corrected chi connectivity index (χ2v) is 5.85. The van der Waals surface area contributed by atoms with Crippen LogP contribution >= 0.6 is 0 Å². The van der Waals surface area contributed by atoms with E-state index in [1.54, 1.807) is 20.8 Å². The van der Waals surface area contributed by atoms with Crippen molar-refractivity contribution >= 4 is 11.8 Å². The molecule has 1 amide bonds. The van der Waals surface area contributed by atoms with Crippen molar-refractivity contribution in [3.63, 3.8) is 0 Å². The molecule has 0 saturated carbocycles. The first-order valence-electron chi connectivity index (χ1n) is 6.46. The standard InChI is InChI=1S/C14H18F2N2O2/c1-14(2,3)20-13(19)18-9-4-8-5-10(15)11(16)6-12(8)17-7-9/h5-6,9,17H,4,7H2,1-3H3,(H,18,19). The highest BCUT2D eigenvalue weighted by molar-refractivity contribution is 5.68. The van der Waals surface area contributed by atoms with Crippen LogP contribution in [0.15, 0.2) is 12.1 Å². The predicted octanol–water partition coefficient (Wildman–Crippen LogP) is 2.83. The van der Waals surface area contributed by atoms with Crippen LogP contribution in [0.1, 0.15) is 26.3 Å². The molecule has 1 heterocycles. The Bertz CT molecular complexity index is 527. The molecule has 1 aliphatic heterocycles. The minimum absolute atomic E-state index is 0.220. The van der Waals surface area contributed by atoms with Gasteiger partial charge in [-0.1, -0.05) is 0 Å². The number of carbonyl (C=O) groups is 1. The summed E-state index contributed by atoms with van der Waals surface area (Å²) in [7, 11) is 0. The lowest BCUT2D eigenvalue weighted by atomic mass is 9.99. The summed E-state index contributed by atoms with van der Waals surface area (Å²) in [5, 5.41) is 5.68. The lowest BCUT2D eigenvalue weighted by Crippen LogP contribution is -2.45. The quantitative estimate of drug-likeness (QED) is 0.833. The van der Waals surface area contributed by atoms with E-state index in [2.05, 4.69) is 10.6 Å². The molecule has 1 aliphatic rings. The number of hydrogen-bond acceptors (Lipinski definition) is 3. The Hall–Kier alpha value is -1.85. The Morgan fingerprint density at radius 1 is 1.35 bits per heavy atom. The van der Waals surface area contributed by atoms with Gasteiger partial charge in [-0.25, -0.2) is 13.6 Å². The zero-order valence-electron chi connectivity index (χ0n) is 11.7. The van der Waals surface area contributed by atoms with E-state index in [0.717, 1.165) is 12.1 Å². The Morgan fingerprint density at radius 2 is 2.00 bits per heavy atom. The minimum atomic E-state index is -0.886. The summed E-state index contributed by atoms with van der Waals surface area (Å²) in [6.07, 6.45) is -0.0889. The van der Waals surface area contributed by atoms with Crippen LogP contribution in [0.5, 0.6) is 0 Å². The van der Waals surface area contributed by atoms with E-state index in [0.29, 0.717) is 24.2 Å². The van der Waals surface area contributed by atoms with Crippen molar-refractivity contribution in [1.29, 1.82) is 0 Å². The summed E-state index contributed by atoms with van der Waals surface area (Å²) in [6, 6.07) is 2.07. The monoisotopic (exact) mass is 284 g/mol. The maximum Gasteiger partial charge on any atom is 0.407 e. The van der Waals surface area contributed by atoms with Crippen molar-refractivity contribution in [3.05, 3.63) is 29.3 Å². The van der Waals surface area contributed by atoms with Crippen LogP contribution in [0, 0.1) is 11.6 Å². The molecule has 4 nitrogen and oxygen atoms in total. The molecule has 0 fully saturated rings. The van der Waals surface area contributed by atoms with Crippen LogP contribution in [0.25, 0.3) is 0 Å². The molecule has 6 heteroatoms. The van der Waals surface area contributed by atoms with Crippen LogP contribution in [-0.2, 0) is 11.2 Å². The molecular formula is C14H18F2N2O2. The van der Waals surface area contributed by atoms with Crippen LogP contribution in [0.3, 0.4) is 0 Å². The van der Waals surface area contributed by atoms with Crippen molar-refractivity contribution < 1.29 is 18.3 Å². The first kappa shape index (κ1) is 14.6. The van der Waals surface area contributed by atoms with Gasteiger partial charge in [-0.3, -0.25) is 0 Å². The van der Waals surface area contributed by atoms with E-state index in [4.69, 9.17) is 4.74 Å². The molecule has 1 aromatic carbocycles. The third-order valence-electron chi connectivity index (χ3n) is 2.87. The van der Waals surface area contributed by atoms with Crippen molar-refractivity contribution in [2.24, 2.45) is 0 Å². The normalized spacial score (nSPS) is 17.9. The van der Waals surface area contributed by atoms with Gasteiger partial charge in [-0.2, -0.15) is 0 Å². The van der Waals surface area contributed by atoms with E-state index in [9.17, 15) is 13.6 Å². The van der Waals surface area contributed by atoms with Gasteiger partial charge >= 0.3 is 6.09 Å². The van der Waals surface area contributed by atoms with Gasteiger partial charge in [0, 0.05) is 18.3 Å². The number of fused-ring (bicyclic) bond motifs is 1. The predicted molar refractivity (Wildman–Crippen MR) is 71.7 cm³/mol. The van der Waals surface area contributed by atoms with Crippen LogP contribution in [0.2, 0.25) is 0 Å². The number of carbonyl (C=O) groups excluding carboxylic acids is 1. The van der Waals surface area contributed by atoms with Crippen molar-refractivity contribution in [3.8, 4) is 0 Å². The third-order valence-corrected chi connectivity index (χ3v) is 2.87. The topological polar surface area (TPSA) is 50.4 Å². The number of nitrogens with one attached hydrogen (secondary N) is 2. The van der Waals surface area contributed by atoms with Crippen LogP contribution in [-0.4, -0.2) is 24.3 Å². The van der Waals surface area contributed by atoms with Crippen molar-refractivity contribution in [1.82, 2.24) is 5.32 Å². The van der Waals surface area contributed by atoms with Gasteiger partial charge in [-0.05, 0) is 38.8 Å². The fourth-order valence-electron chi connectivity index (χ4n) is 2.07. The molecule has 0 saturated heterocycles. The molecular weight excluding hydrogens is 266 g/mol. The summed E-state index contributed by atoms with van der Waals surface area (Å²) in [5.74, 6) is -1.77. The van der Waals surface area contributed by atoms with Crippen molar-refractivity contribution in [2.45, 2.75) is 38.8 Å². The molecule has 0 radical (unpaired) electrons. The number of benzene rings is 1. The fourth-order valence-corrected chi connectivity index (χ4v) is 2.07.